The molecular formula is C16H13Cl2Zr. The molecule has 3 rings (SSSR count). The molecule has 0 radical (unpaired) electrons. The molecular weight excluding hydrogens is 354 g/mol. The first-order valence-electron chi connectivity index (χ1n) is 5.87. The first kappa shape index (κ1) is 16.7. The molecule has 0 fully saturated rings. The van der Waals surface area contributed by atoms with Gasteiger partial charge in [0, 0.05) is 0 Å². The van der Waals surface area contributed by atoms with E-state index in [4.69, 9.17) is 0 Å². The van der Waals surface area contributed by atoms with Crippen LogP contribution in [-0.2, 0) is 24.7 Å². The largest absolute Gasteiger partial charge is 1.00 e. The van der Waals surface area contributed by atoms with E-state index in [0.29, 0.717) is 5.92 Å². The van der Waals surface area contributed by atoms with Gasteiger partial charge in [-0.1, -0.05) is 0 Å². The molecule has 0 aliphatic heterocycles. The molecule has 0 saturated heterocycles. The maximum Gasteiger partial charge on any atom is -1.00 e. The molecule has 0 heterocycles. The van der Waals surface area contributed by atoms with Crippen LogP contribution in [0.1, 0.15) is 23.5 Å². The van der Waals surface area contributed by atoms with Crippen LogP contribution in [0.3, 0.4) is 0 Å². The Morgan fingerprint density at radius 1 is 1.00 bits per heavy atom. The molecule has 19 heavy (non-hydrogen) atoms. The molecule has 0 aromatic heterocycles. The Morgan fingerprint density at radius 3 is 2.42 bits per heavy atom. The van der Waals surface area contributed by atoms with Crippen molar-refractivity contribution in [3.8, 4) is 11.1 Å². The van der Waals surface area contributed by atoms with Crippen molar-refractivity contribution in [2.24, 2.45) is 0 Å². The summed E-state index contributed by atoms with van der Waals surface area (Å²) in [6.07, 6.45) is 3.08. The molecule has 0 spiro atoms. The third-order valence-corrected chi connectivity index (χ3v) is 4.56. The van der Waals surface area contributed by atoms with Gasteiger partial charge in [-0.05, 0) is 0 Å². The standard InChI is InChI=1S/C16H13.2ClH.Zr/c1-2-7-12-13-8-3-5-10-15(13)16-11-6-4-9-14(12)16;;;/h2-6,8,10-12H,1,7H2;2*1H;/q;;;+2/p-2. The number of hydrogen-bond acceptors (Lipinski definition) is 0. The van der Waals surface area contributed by atoms with Crippen molar-refractivity contribution < 1.29 is 49.5 Å². The van der Waals surface area contributed by atoms with Crippen molar-refractivity contribution in [2.75, 3.05) is 0 Å². The molecule has 0 saturated carbocycles. The Kier molecular flexibility index (Phi) is 6.05. The van der Waals surface area contributed by atoms with Gasteiger partial charge in [-0.15, -0.1) is 0 Å². The molecule has 1 aliphatic carbocycles. The Hall–Kier alpha value is -0.357. The quantitative estimate of drug-likeness (QED) is 0.518. The Balaban J connectivity index is 0.000000902. The average Bonchev–Trinajstić information content (AvgIpc) is 2.67. The monoisotopic (exact) mass is 365 g/mol. The summed E-state index contributed by atoms with van der Waals surface area (Å²) in [5, 5.41) is 0. The van der Waals surface area contributed by atoms with Crippen molar-refractivity contribution in [2.45, 2.75) is 12.3 Å². The van der Waals surface area contributed by atoms with Gasteiger partial charge in [0.25, 0.3) is 0 Å². The van der Waals surface area contributed by atoms with E-state index in [1.807, 2.05) is 6.08 Å². The van der Waals surface area contributed by atoms with Gasteiger partial charge in [0.05, 0.1) is 0 Å². The molecule has 95 valence electrons. The molecule has 1 atom stereocenters. The molecule has 0 bridgehead atoms. The number of allylic oxidation sites excluding steroid dienone is 1. The zero-order valence-corrected chi connectivity index (χ0v) is 14.3. The van der Waals surface area contributed by atoms with E-state index in [0.717, 1.165) is 6.42 Å². The van der Waals surface area contributed by atoms with Gasteiger partial charge < -0.3 is 24.8 Å². The van der Waals surface area contributed by atoms with Crippen LogP contribution < -0.4 is 28.1 Å². The smallest absolute Gasteiger partial charge is 1.00 e. The zero-order valence-electron chi connectivity index (χ0n) is 10.4. The van der Waals surface area contributed by atoms with Crippen LogP contribution >= 0.6 is 0 Å². The van der Waals surface area contributed by atoms with E-state index >= 15 is 0 Å². The molecule has 2 aromatic rings. The molecule has 3 heteroatoms. The van der Waals surface area contributed by atoms with Crippen molar-refractivity contribution in [1.29, 1.82) is 0 Å². The Morgan fingerprint density at radius 2 is 1.68 bits per heavy atom. The van der Waals surface area contributed by atoms with E-state index in [2.05, 4.69) is 49.0 Å². The summed E-state index contributed by atoms with van der Waals surface area (Å²) in [5.41, 5.74) is 5.85. The number of halogens is 2. The van der Waals surface area contributed by atoms with Crippen LogP contribution in [0.4, 0.5) is 0 Å². The van der Waals surface area contributed by atoms with Gasteiger partial charge >= 0.3 is 118 Å². The average molecular weight is 367 g/mol. The maximum atomic E-state index is 3.91. The molecule has 1 aliphatic rings. The second-order valence-electron chi connectivity index (χ2n) is 4.43. The number of fused-ring (bicyclic) bond motifs is 3. The minimum Gasteiger partial charge on any atom is -1.00 e. The van der Waals surface area contributed by atoms with Crippen LogP contribution in [0.5, 0.6) is 0 Å². The summed E-state index contributed by atoms with van der Waals surface area (Å²) in [7, 11) is 0. The van der Waals surface area contributed by atoms with Crippen LogP contribution in [0, 0.1) is 0 Å². The van der Waals surface area contributed by atoms with E-state index in [1.54, 1.807) is 0 Å². The third-order valence-electron chi connectivity index (χ3n) is 3.48. The Bertz CT molecular complexity index is 593. The fourth-order valence-corrected chi connectivity index (χ4v) is 3.78. The van der Waals surface area contributed by atoms with Crippen molar-refractivity contribution >= 4 is 3.27 Å². The first-order valence-corrected chi connectivity index (χ1v) is 7.10. The predicted molar refractivity (Wildman–Crippen MR) is 68.2 cm³/mol. The number of rotatable bonds is 2. The molecule has 2 aromatic carbocycles. The van der Waals surface area contributed by atoms with Crippen molar-refractivity contribution in [1.82, 2.24) is 0 Å². The van der Waals surface area contributed by atoms with Gasteiger partial charge in [-0.3, -0.25) is 0 Å². The van der Waals surface area contributed by atoms with Gasteiger partial charge in [0.15, 0.2) is 0 Å². The van der Waals surface area contributed by atoms with Gasteiger partial charge in [-0.2, -0.15) is 0 Å². The van der Waals surface area contributed by atoms with Crippen LogP contribution in [0.25, 0.3) is 11.1 Å². The van der Waals surface area contributed by atoms with Gasteiger partial charge in [0.2, 0.25) is 0 Å². The summed E-state index contributed by atoms with van der Waals surface area (Å²) in [5.74, 6) is 0.522. The van der Waals surface area contributed by atoms with Gasteiger partial charge in [-0.25, -0.2) is 0 Å². The van der Waals surface area contributed by atoms with Gasteiger partial charge in [0.1, 0.15) is 0 Å². The summed E-state index contributed by atoms with van der Waals surface area (Å²) in [6.45, 7) is 3.91. The fraction of sp³-hybridized carbons (Fsp3) is 0.125. The van der Waals surface area contributed by atoms with Crippen molar-refractivity contribution in [3.63, 3.8) is 0 Å². The minimum atomic E-state index is 0. The molecule has 0 N–H and O–H groups in total. The predicted octanol–water partition coefficient (Wildman–Crippen LogP) is -2.44. The molecule has 1 unspecified atom stereocenters. The van der Waals surface area contributed by atoms with E-state index in [-0.39, 0.29) is 24.8 Å². The fourth-order valence-electron chi connectivity index (χ4n) is 2.79. The van der Waals surface area contributed by atoms with Crippen LogP contribution in [-0.4, -0.2) is 0 Å². The summed E-state index contributed by atoms with van der Waals surface area (Å²) < 4.78 is 1.48. The summed E-state index contributed by atoms with van der Waals surface area (Å²) in [6, 6.07) is 15.5. The SMILES string of the molecule is C=CCC1c2ccccc2-c2ccc[c]([Zr+2])c21.[Cl-].[Cl-]. The summed E-state index contributed by atoms with van der Waals surface area (Å²) >= 11 is 1.50. The third kappa shape index (κ3) is 2.75. The first-order chi connectivity index (χ1) is 8.33. The number of benzene rings is 2. The van der Waals surface area contributed by atoms with E-state index in [1.165, 1.54) is 50.2 Å². The zero-order chi connectivity index (χ0) is 11.8. The van der Waals surface area contributed by atoms with Crippen LogP contribution in [0.15, 0.2) is 55.1 Å². The number of hydrogen-bond donors (Lipinski definition) is 0. The van der Waals surface area contributed by atoms with Crippen LogP contribution in [0.2, 0.25) is 0 Å². The molecule has 0 amide bonds. The normalized spacial score (nSPS) is 14.7. The maximum absolute atomic E-state index is 3.91. The second-order valence-corrected chi connectivity index (χ2v) is 5.76. The van der Waals surface area contributed by atoms with E-state index in [9.17, 15) is 0 Å². The van der Waals surface area contributed by atoms with E-state index < -0.39 is 0 Å². The summed E-state index contributed by atoms with van der Waals surface area (Å²) in [4.78, 5) is 0. The topological polar surface area (TPSA) is 0 Å². The second kappa shape index (κ2) is 6.88. The Labute approximate surface area is 142 Å². The minimum absolute atomic E-state index is 0. The molecule has 0 nitrogen and oxygen atoms in total. The van der Waals surface area contributed by atoms with Crippen molar-refractivity contribution in [3.05, 3.63) is 66.2 Å².